The van der Waals surface area contributed by atoms with Gasteiger partial charge < -0.3 is 4.74 Å². The molecular weight excluding hydrogens is 238 g/mol. The van der Waals surface area contributed by atoms with Gasteiger partial charge in [0, 0.05) is 12.5 Å². The molecule has 2 nitrogen and oxygen atoms in total. The number of rotatable bonds is 4. The average Bonchev–Trinajstić information content (AvgIpc) is 2.29. The molecule has 0 radical (unpaired) electrons. The standard InChI is InChI=1S/C14H16F2O2/c1-9-5-7-11(8-6-9)12(14(3,15)16)10(2)13(17)18-4/h5-8,12H,2H2,1,3-4H3/t12-/m0/s1. The molecular formula is C14H16F2O2. The predicted octanol–water partition coefficient (Wildman–Crippen LogP) is 3.46. The highest BCUT2D eigenvalue weighted by Crippen LogP contribution is 2.38. The van der Waals surface area contributed by atoms with Gasteiger partial charge in [0.25, 0.3) is 5.92 Å². The molecule has 0 saturated carbocycles. The lowest BCUT2D eigenvalue weighted by molar-refractivity contribution is -0.137. The van der Waals surface area contributed by atoms with Crippen molar-refractivity contribution in [1.29, 1.82) is 0 Å². The summed E-state index contributed by atoms with van der Waals surface area (Å²) in [6.45, 7) is 6.07. The van der Waals surface area contributed by atoms with E-state index in [0.29, 0.717) is 5.56 Å². The molecule has 0 aliphatic heterocycles. The molecule has 0 unspecified atom stereocenters. The fraction of sp³-hybridized carbons (Fsp3) is 0.357. The van der Waals surface area contributed by atoms with Crippen LogP contribution < -0.4 is 0 Å². The normalized spacial score (nSPS) is 12.9. The third-order valence-corrected chi connectivity index (χ3v) is 2.71. The zero-order valence-corrected chi connectivity index (χ0v) is 10.7. The van der Waals surface area contributed by atoms with Gasteiger partial charge >= 0.3 is 5.97 Å². The molecule has 0 bridgehead atoms. The fourth-order valence-electron chi connectivity index (χ4n) is 1.81. The van der Waals surface area contributed by atoms with Crippen LogP contribution in [0.5, 0.6) is 0 Å². The minimum atomic E-state index is -3.08. The summed E-state index contributed by atoms with van der Waals surface area (Å²) in [5.41, 5.74) is 1.07. The van der Waals surface area contributed by atoms with Crippen molar-refractivity contribution in [3.8, 4) is 0 Å². The van der Waals surface area contributed by atoms with Gasteiger partial charge in [0.2, 0.25) is 0 Å². The first-order valence-corrected chi connectivity index (χ1v) is 5.49. The third-order valence-electron chi connectivity index (χ3n) is 2.71. The molecule has 0 aromatic heterocycles. The van der Waals surface area contributed by atoms with Crippen LogP contribution in [0.1, 0.15) is 24.0 Å². The molecule has 0 spiro atoms. The predicted molar refractivity (Wildman–Crippen MR) is 65.7 cm³/mol. The average molecular weight is 254 g/mol. The highest BCUT2D eigenvalue weighted by molar-refractivity contribution is 5.89. The Bertz CT molecular complexity index is 444. The molecule has 1 rings (SSSR count). The Morgan fingerprint density at radius 3 is 2.22 bits per heavy atom. The van der Waals surface area contributed by atoms with Crippen LogP contribution in [-0.4, -0.2) is 19.0 Å². The van der Waals surface area contributed by atoms with Gasteiger partial charge in [-0.2, -0.15) is 0 Å². The Kier molecular flexibility index (Phi) is 4.22. The van der Waals surface area contributed by atoms with Crippen LogP contribution in [0.25, 0.3) is 0 Å². The van der Waals surface area contributed by atoms with E-state index >= 15 is 0 Å². The second-order valence-electron chi connectivity index (χ2n) is 4.32. The molecule has 0 saturated heterocycles. The van der Waals surface area contributed by atoms with E-state index in [-0.39, 0.29) is 5.57 Å². The van der Waals surface area contributed by atoms with Gasteiger partial charge in [-0.05, 0) is 12.5 Å². The summed E-state index contributed by atoms with van der Waals surface area (Å²) in [5.74, 6) is -5.27. The number of methoxy groups -OCH3 is 1. The molecule has 1 aromatic carbocycles. The first-order valence-electron chi connectivity index (χ1n) is 5.49. The Balaban J connectivity index is 3.18. The minimum Gasteiger partial charge on any atom is -0.466 e. The minimum absolute atomic E-state index is 0.242. The number of ether oxygens (including phenoxy) is 1. The van der Waals surface area contributed by atoms with E-state index in [1.807, 2.05) is 6.92 Å². The van der Waals surface area contributed by atoms with Crippen LogP contribution in [-0.2, 0) is 9.53 Å². The van der Waals surface area contributed by atoms with Gasteiger partial charge in [-0.25, -0.2) is 13.6 Å². The number of carbonyl (C=O) groups is 1. The molecule has 0 N–H and O–H groups in total. The van der Waals surface area contributed by atoms with Gasteiger partial charge in [-0.1, -0.05) is 36.4 Å². The van der Waals surface area contributed by atoms with Crippen molar-refractivity contribution in [2.45, 2.75) is 25.7 Å². The van der Waals surface area contributed by atoms with Crippen LogP contribution in [0.15, 0.2) is 36.4 Å². The number of alkyl halides is 2. The van der Waals surface area contributed by atoms with Crippen LogP contribution in [0.2, 0.25) is 0 Å². The second kappa shape index (κ2) is 5.29. The highest BCUT2D eigenvalue weighted by atomic mass is 19.3. The van der Waals surface area contributed by atoms with Crippen LogP contribution in [0.3, 0.4) is 0 Å². The van der Waals surface area contributed by atoms with Crippen molar-refractivity contribution in [3.05, 3.63) is 47.5 Å². The lowest BCUT2D eigenvalue weighted by Gasteiger charge is -2.24. The Hall–Kier alpha value is -1.71. The van der Waals surface area contributed by atoms with Gasteiger partial charge in [0.1, 0.15) is 0 Å². The second-order valence-corrected chi connectivity index (χ2v) is 4.32. The van der Waals surface area contributed by atoms with Crippen molar-refractivity contribution in [3.63, 3.8) is 0 Å². The lowest BCUT2D eigenvalue weighted by atomic mass is 9.86. The lowest BCUT2D eigenvalue weighted by Crippen LogP contribution is -2.27. The molecule has 0 fully saturated rings. The maximum Gasteiger partial charge on any atom is 0.333 e. The summed E-state index contributed by atoms with van der Waals surface area (Å²) in [6.07, 6.45) is 0. The fourth-order valence-corrected chi connectivity index (χ4v) is 1.81. The molecule has 1 atom stereocenters. The summed E-state index contributed by atoms with van der Waals surface area (Å²) < 4.78 is 31.8. The molecule has 18 heavy (non-hydrogen) atoms. The third kappa shape index (κ3) is 3.15. The maximum atomic E-state index is 13.7. The van der Waals surface area contributed by atoms with Crippen LogP contribution in [0, 0.1) is 6.92 Å². The number of halogens is 2. The number of carbonyl (C=O) groups excluding carboxylic acids is 1. The quantitative estimate of drug-likeness (QED) is 0.607. The number of benzene rings is 1. The number of hydrogen-bond donors (Lipinski definition) is 0. The van der Waals surface area contributed by atoms with E-state index in [4.69, 9.17) is 0 Å². The van der Waals surface area contributed by atoms with Crippen molar-refractivity contribution >= 4 is 5.97 Å². The molecule has 1 aromatic rings. The summed E-state index contributed by atoms with van der Waals surface area (Å²) in [7, 11) is 1.15. The molecule has 4 heteroatoms. The Morgan fingerprint density at radius 1 is 1.33 bits per heavy atom. The highest BCUT2D eigenvalue weighted by Gasteiger charge is 2.40. The van der Waals surface area contributed by atoms with Crippen LogP contribution >= 0.6 is 0 Å². The monoisotopic (exact) mass is 254 g/mol. The van der Waals surface area contributed by atoms with E-state index in [2.05, 4.69) is 11.3 Å². The van der Waals surface area contributed by atoms with Crippen molar-refractivity contribution in [2.24, 2.45) is 0 Å². The van der Waals surface area contributed by atoms with E-state index in [1.54, 1.807) is 24.3 Å². The topological polar surface area (TPSA) is 26.3 Å². The maximum absolute atomic E-state index is 13.7. The smallest absolute Gasteiger partial charge is 0.333 e. The summed E-state index contributed by atoms with van der Waals surface area (Å²) in [6, 6.07) is 6.59. The largest absolute Gasteiger partial charge is 0.466 e. The van der Waals surface area contributed by atoms with E-state index in [0.717, 1.165) is 19.6 Å². The van der Waals surface area contributed by atoms with Crippen LogP contribution in [0.4, 0.5) is 8.78 Å². The zero-order valence-electron chi connectivity index (χ0n) is 10.7. The van der Waals surface area contributed by atoms with E-state index in [9.17, 15) is 13.6 Å². The van der Waals surface area contributed by atoms with Crippen molar-refractivity contribution < 1.29 is 18.3 Å². The van der Waals surface area contributed by atoms with Gasteiger partial charge in [0.05, 0.1) is 13.0 Å². The number of hydrogen-bond acceptors (Lipinski definition) is 2. The van der Waals surface area contributed by atoms with E-state index in [1.165, 1.54) is 0 Å². The first-order chi connectivity index (χ1) is 8.27. The van der Waals surface area contributed by atoms with E-state index < -0.39 is 17.8 Å². The summed E-state index contributed by atoms with van der Waals surface area (Å²) >= 11 is 0. The van der Waals surface area contributed by atoms with Gasteiger partial charge in [-0.3, -0.25) is 0 Å². The zero-order chi connectivity index (χ0) is 13.9. The summed E-state index contributed by atoms with van der Waals surface area (Å²) in [5, 5.41) is 0. The molecule has 0 heterocycles. The summed E-state index contributed by atoms with van der Waals surface area (Å²) in [4.78, 5) is 11.4. The Morgan fingerprint density at radius 2 is 1.83 bits per heavy atom. The molecule has 0 amide bonds. The Labute approximate surface area is 105 Å². The first kappa shape index (κ1) is 14.4. The van der Waals surface area contributed by atoms with Crippen molar-refractivity contribution in [1.82, 2.24) is 0 Å². The molecule has 0 aliphatic rings. The number of esters is 1. The number of aryl methyl sites for hydroxylation is 1. The van der Waals surface area contributed by atoms with Gasteiger partial charge in [-0.15, -0.1) is 0 Å². The SMILES string of the molecule is C=C(C(=O)OC)[C@@H](c1ccc(C)cc1)C(C)(F)F. The van der Waals surface area contributed by atoms with Crippen molar-refractivity contribution in [2.75, 3.05) is 7.11 Å². The molecule has 98 valence electrons. The molecule has 0 aliphatic carbocycles. The van der Waals surface area contributed by atoms with Gasteiger partial charge in [0.15, 0.2) is 0 Å².